The second kappa shape index (κ2) is 3.88. The summed E-state index contributed by atoms with van der Waals surface area (Å²) >= 11 is 0. The van der Waals surface area contributed by atoms with Gasteiger partial charge in [0.25, 0.3) is 0 Å². The lowest BCUT2D eigenvalue weighted by atomic mass is 10.1. The van der Waals surface area contributed by atoms with Gasteiger partial charge in [-0.2, -0.15) is 0 Å². The van der Waals surface area contributed by atoms with Gasteiger partial charge in [0.15, 0.2) is 0 Å². The van der Waals surface area contributed by atoms with Crippen molar-refractivity contribution in [3.8, 4) is 0 Å². The first-order valence-electron chi connectivity index (χ1n) is 5.57. The molecule has 3 atom stereocenters. The van der Waals surface area contributed by atoms with E-state index in [0.717, 1.165) is 6.42 Å². The highest BCUT2D eigenvalue weighted by Gasteiger charge is 2.58. The molecule has 0 bridgehead atoms. The molecule has 1 saturated heterocycles. The van der Waals surface area contributed by atoms with Crippen LogP contribution < -0.4 is 0 Å². The topological polar surface area (TPSA) is 74.7 Å². The molecule has 1 N–H and O–H groups in total. The molecule has 0 aromatic rings. The minimum absolute atomic E-state index is 0.0563. The Balaban J connectivity index is 1.83. The average molecular weight is 225 g/mol. The molecule has 1 aliphatic heterocycles. The van der Waals surface area contributed by atoms with Crippen LogP contribution in [-0.4, -0.2) is 34.3 Å². The summed E-state index contributed by atoms with van der Waals surface area (Å²) in [5, 5.41) is 8.53. The van der Waals surface area contributed by atoms with E-state index in [0.29, 0.717) is 13.0 Å². The van der Waals surface area contributed by atoms with Crippen LogP contribution in [0.15, 0.2) is 0 Å². The van der Waals surface area contributed by atoms with E-state index in [1.807, 2.05) is 6.92 Å². The van der Waals surface area contributed by atoms with Crippen molar-refractivity contribution in [2.75, 3.05) is 6.54 Å². The van der Waals surface area contributed by atoms with Crippen molar-refractivity contribution in [3.05, 3.63) is 0 Å². The van der Waals surface area contributed by atoms with Crippen LogP contribution in [0.3, 0.4) is 0 Å². The van der Waals surface area contributed by atoms with Crippen LogP contribution in [0.1, 0.15) is 26.2 Å². The zero-order chi connectivity index (χ0) is 11.9. The predicted octanol–water partition coefficient (Wildman–Crippen LogP) is 0.492. The number of nitrogens with zero attached hydrogens (tertiary/aromatic N) is 1. The molecule has 1 saturated carbocycles. The molecule has 2 fully saturated rings. The summed E-state index contributed by atoms with van der Waals surface area (Å²) in [7, 11) is 0. The van der Waals surface area contributed by atoms with Crippen molar-refractivity contribution < 1.29 is 19.5 Å². The Hall–Kier alpha value is -1.39. The third-order valence-corrected chi connectivity index (χ3v) is 3.30. The number of carbonyl (C=O) groups excluding carboxylic acids is 2. The summed E-state index contributed by atoms with van der Waals surface area (Å²) in [6.45, 7) is 2.24. The highest BCUT2D eigenvalue weighted by Crippen LogP contribution is 2.47. The number of carboxylic acids is 1. The molecule has 2 aliphatic rings. The van der Waals surface area contributed by atoms with Gasteiger partial charge in [0, 0.05) is 13.0 Å². The number of likely N-dealkylation sites (tertiary alicyclic amines) is 1. The van der Waals surface area contributed by atoms with Crippen molar-refractivity contribution in [3.63, 3.8) is 0 Å². The number of piperidine rings is 1. The van der Waals surface area contributed by atoms with E-state index in [1.54, 1.807) is 0 Å². The molecule has 2 rings (SSSR count). The molecule has 2 amide bonds. The quantitative estimate of drug-likeness (QED) is 0.691. The minimum Gasteiger partial charge on any atom is -0.481 e. The largest absolute Gasteiger partial charge is 0.481 e. The first-order chi connectivity index (χ1) is 7.50. The molecule has 0 radical (unpaired) electrons. The molecule has 0 spiro atoms. The summed E-state index contributed by atoms with van der Waals surface area (Å²) in [5.74, 6) is -1.01. The summed E-state index contributed by atoms with van der Waals surface area (Å²) in [4.78, 5) is 34.9. The summed E-state index contributed by atoms with van der Waals surface area (Å²) in [6.07, 6.45) is 1.31. The van der Waals surface area contributed by atoms with Crippen molar-refractivity contribution >= 4 is 17.8 Å². The molecule has 5 nitrogen and oxygen atoms in total. The van der Waals surface area contributed by atoms with Crippen molar-refractivity contribution in [1.29, 1.82) is 0 Å². The fourth-order valence-corrected chi connectivity index (χ4v) is 2.20. The van der Waals surface area contributed by atoms with E-state index < -0.39 is 5.97 Å². The lowest BCUT2D eigenvalue weighted by Crippen LogP contribution is -2.36. The fourth-order valence-electron chi connectivity index (χ4n) is 2.20. The Kier molecular flexibility index (Phi) is 2.69. The Morgan fingerprint density at radius 1 is 1.44 bits per heavy atom. The Morgan fingerprint density at radius 3 is 2.50 bits per heavy atom. The standard InChI is InChI=1S/C11H15NO4/c1-6(2-3-9(13)14)5-12-10(15)7-4-8(7)11(12)16/h6-8H,2-5H2,1H3,(H,13,14). The number of carbonyl (C=O) groups is 3. The summed E-state index contributed by atoms with van der Waals surface area (Å²) < 4.78 is 0. The van der Waals surface area contributed by atoms with E-state index in [4.69, 9.17) is 5.11 Å². The number of hydrogen-bond donors (Lipinski definition) is 1. The first kappa shape index (κ1) is 11.1. The number of aliphatic carboxylic acids is 1. The Labute approximate surface area is 93.4 Å². The normalized spacial score (nSPS) is 29.2. The van der Waals surface area contributed by atoms with E-state index in [2.05, 4.69) is 0 Å². The highest BCUT2D eigenvalue weighted by molar-refractivity contribution is 6.08. The summed E-state index contributed by atoms with van der Waals surface area (Å²) in [6, 6.07) is 0. The van der Waals surface area contributed by atoms with E-state index in [-0.39, 0.29) is 36.0 Å². The molecule has 1 aliphatic carbocycles. The van der Waals surface area contributed by atoms with Gasteiger partial charge in [-0.3, -0.25) is 19.3 Å². The van der Waals surface area contributed by atoms with Crippen LogP contribution in [0, 0.1) is 17.8 Å². The molecule has 16 heavy (non-hydrogen) atoms. The average Bonchev–Trinajstić information content (AvgIpc) is 2.96. The van der Waals surface area contributed by atoms with Crippen molar-refractivity contribution in [2.24, 2.45) is 17.8 Å². The number of rotatable bonds is 5. The van der Waals surface area contributed by atoms with Gasteiger partial charge in [0.2, 0.25) is 11.8 Å². The lowest BCUT2D eigenvalue weighted by Gasteiger charge is -2.20. The van der Waals surface area contributed by atoms with E-state index >= 15 is 0 Å². The monoisotopic (exact) mass is 225 g/mol. The van der Waals surface area contributed by atoms with Gasteiger partial charge >= 0.3 is 5.97 Å². The van der Waals surface area contributed by atoms with Gasteiger partial charge in [0.1, 0.15) is 0 Å². The Bertz CT molecular complexity index is 332. The fraction of sp³-hybridized carbons (Fsp3) is 0.727. The van der Waals surface area contributed by atoms with Crippen molar-refractivity contribution in [2.45, 2.75) is 26.2 Å². The predicted molar refractivity (Wildman–Crippen MR) is 54.4 cm³/mol. The van der Waals surface area contributed by atoms with Crippen LogP contribution in [0.5, 0.6) is 0 Å². The number of hydrogen-bond acceptors (Lipinski definition) is 3. The SMILES string of the molecule is CC(CCC(=O)O)CN1C(=O)C2CC2C1=O. The number of imide groups is 1. The maximum atomic E-state index is 11.6. The van der Waals surface area contributed by atoms with E-state index in [9.17, 15) is 14.4 Å². The second-order valence-corrected chi connectivity index (χ2v) is 4.77. The number of amides is 2. The number of fused-ring (bicyclic) bond motifs is 1. The Morgan fingerprint density at radius 2 is 2.00 bits per heavy atom. The van der Waals surface area contributed by atoms with Gasteiger partial charge in [-0.15, -0.1) is 0 Å². The lowest BCUT2D eigenvalue weighted by molar-refractivity contribution is -0.142. The van der Waals surface area contributed by atoms with Crippen LogP contribution >= 0.6 is 0 Å². The zero-order valence-electron chi connectivity index (χ0n) is 9.18. The second-order valence-electron chi connectivity index (χ2n) is 4.77. The maximum Gasteiger partial charge on any atom is 0.303 e. The third-order valence-electron chi connectivity index (χ3n) is 3.30. The van der Waals surface area contributed by atoms with Crippen LogP contribution in [0.2, 0.25) is 0 Å². The number of carboxylic acid groups (broad SMARTS) is 1. The van der Waals surface area contributed by atoms with Gasteiger partial charge in [-0.1, -0.05) is 6.92 Å². The molecular formula is C11H15NO4. The molecule has 0 aromatic heterocycles. The van der Waals surface area contributed by atoms with Gasteiger partial charge in [-0.05, 0) is 18.8 Å². The molecule has 1 heterocycles. The van der Waals surface area contributed by atoms with Crippen molar-refractivity contribution in [1.82, 2.24) is 4.90 Å². The maximum absolute atomic E-state index is 11.6. The van der Waals surface area contributed by atoms with Gasteiger partial charge < -0.3 is 5.11 Å². The van der Waals surface area contributed by atoms with Crippen LogP contribution in [-0.2, 0) is 14.4 Å². The third kappa shape index (κ3) is 1.94. The summed E-state index contributed by atoms with van der Waals surface area (Å²) in [5.41, 5.74) is 0. The van der Waals surface area contributed by atoms with Crippen LogP contribution in [0.4, 0.5) is 0 Å². The molecule has 5 heteroatoms. The van der Waals surface area contributed by atoms with Crippen LogP contribution in [0.25, 0.3) is 0 Å². The smallest absolute Gasteiger partial charge is 0.303 e. The first-order valence-corrected chi connectivity index (χ1v) is 5.57. The van der Waals surface area contributed by atoms with E-state index in [1.165, 1.54) is 4.90 Å². The minimum atomic E-state index is -0.839. The van der Waals surface area contributed by atoms with Gasteiger partial charge in [-0.25, -0.2) is 0 Å². The molecule has 0 aromatic carbocycles. The molecule has 88 valence electrons. The molecular weight excluding hydrogens is 210 g/mol. The zero-order valence-corrected chi connectivity index (χ0v) is 9.18. The highest BCUT2D eigenvalue weighted by atomic mass is 16.4. The molecule has 3 unspecified atom stereocenters. The van der Waals surface area contributed by atoms with Gasteiger partial charge in [0.05, 0.1) is 11.8 Å².